The number of fused-ring (bicyclic) bond motifs is 1. The number of aromatic nitrogens is 1. The van der Waals surface area contributed by atoms with Gasteiger partial charge >= 0.3 is 5.97 Å². The van der Waals surface area contributed by atoms with Gasteiger partial charge in [-0.3, -0.25) is 14.4 Å². The second-order valence-electron chi connectivity index (χ2n) is 5.40. The van der Waals surface area contributed by atoms with Crippen molar-refractivity contribution in [2.45, 2.75) is 40.2 Å². The summed E-state index contributed by atoms with van der Waals surface area (Å²) in [6.07, 6.45) is 1.06. The fourth-order valence-electron chi connectivity index (χ4n) is 2.30. The SMILES string of the molecule is CCCC(=O)N=c1sc2cc(NC(C)=O)ccc2n1CC(=O)OCC. The summed E-state index contributed by atoms with van der Waals surface area (Å²) in [6.45, 7) is 5.35. The van der Waals surface area contributed by atoms with Crippen molar-refractivity contribution in [3.05, 3.63) is 23.0 Å². The van der Waals surface area contributed by atoms with Crippen LogP contribution in [0.1, 0.15) is 33.6 Å². The molecule has 0 aliphatic carbocycles. The lowest BCUT2D eigenvalue weighted by Crippen LogP contribution is -2.23. The highest BCUT2D eigenvalue weighted by molar-refractivity contribution is 7.16. The molecule has 25 heavy (non-hydrogen) atoms. The average molecular weight is 363 g/mol. The molecule has 2 rings (SSSR count). The van der Waals surface area contributed by atoms with Gasteiger partial charge in [0.15, 0.2) is 4.80 Å². The van der Waals surface area contributed by atoms with Gasteiger partial charge in [-0.2, -0.15) is 4.99 Å². The summed E-state index contributed by atoms with van der Waals surface area (Å²) in [5.74, 6) is -0.787. The standard InChI is InChI=1S/C17H21N3O4S/c1-4-6-15(22)19-17-20(10-16(23)24-5-2)13-8-7-12(18-11(3)21)9-14(13)25-17/h7-9H,4-6,10H2,1-3H3,(H,18,21). The minimum Gasteiger partial charge on any atom is -0.465 e. The number of hydrogen-bond acceptors (Lipinski definition) is 5. The number of carbonyl (C=O) groups is 3. The van der Waals surface area contributed by atoms with Crippen LogP contribution in [0.5, 0.6) is 0 Å². The molecule has 2 amide bonds. The number of carbonyl (C=O) groups excluding carboxylic acids is 3. The van der Waals surface area contributed by atoms with E-state index < -0.39 is 5.97 Å². The van der Waals surface area contributed by atoms with Gasteiger partial charge < -0.3 is 14.6 Å². The maximum absolute atomic E-state index is 11.9. The molecule has 0 aliphatic heterocycles. The Labute approximate surface area is 149 Å². The van der Waals surface area contributed by atoms with Crippen molar-refractivity contribution in [1.82, 2.24) is 4.57 Å². The number of nitrogens with one attached hydrogen (secondary N) is 1. The summed E-state index contributed by atoms with van der Waals surface area (Å²) in [7, 11) is 0. The molecular formula is C17H21N3O4S. The Balaban J connectivity index is 2.53. The number of thiazole rings is 1. The summed E-state index contributed by atoms with van der Waals surface area (Å²) in [5.41, 5.74) is 1.41. The van der Waals surface area contributed by atoms with Crippen molar-refractivity contribution in [2.75, 3.05) is 11.9 Å². The monoisotopic (exact) mass is 363 g/mol. The molecule has 1 heterocycles. The molecule has 0 bridgehead atoms. The number of nitrogens with zero attached hydrogens (tertiary/aromatic N) is 2. The highest BCUT2D eigenvalue weighted by atomic mass is 32.1. The third kappa shape index (κ3) is 4.99. The van der Waals surface area contributed by atoms with E-state index in [0.717, 1.165) is 10.2 Å². The third-order valence-electron chi connectivity index (χ3n) is 3.28. The van der Waals surface area contributed by atoms with E-state index in [0.29, 0.717) is 23.3 Å². The van der Waals surface area contributed by atoms with Gasteiger partial charge in [0.05, 0.1) is 16.8 Å². The van der Waals surface area contributed by atoms with E-state index in [1.807, 2.05) is 6.92 Å². The lowest BCUT2D eigenvalue weighted by atomic mass is 10.3. The Bertz CT molecular complexity index is 866. The topological polar surface area (TPSA) is 89.8 Å². The molecule has 2 aromatic rings. The van der Waals surface area contributed by atoms with Gasteiger partial charge in [-0.1, -0.05) is 18.3 Å². The summed E-state index contributed by atoms with van der Waals surface area (Å²) in [6, 6.07) is 5.34. The normalized spacial score (nSPS) is 11.6. The van der Waals surface area contributed by atoms with Crippen LogP contribution in [-0.4, -0.2) is 29.0 Å². The minimum atomic E-state index is -0.391. The van der Waals surface area contributed by atoms with Crippen molar-refractivity contribution in [1.29, 1.82) is 0 Å². The Kier molecular flexibility index (Phi) is 6.46. The average Bonchev–Trinajstić information content (AvgIpc) is 2.84. The molecule has 1 aromatic carbocycles. The number of esters is 1. The predicted molar refractivity (Wildman–Crippen MR) is 96.2 cm³/mol. The highest BCUT2D eigenvalue weighted by Gasteiger charge is 2.13. The molecule has 1 aromatic heterocycles. The van der Waals surface area contributed by atoms with Crippen LogP contribution in [0.2, 0.25) is 0 Å². The molecule has 0 fully saturated rings. The zero-order chi connectivity index (χ0) is 18.4. The summed E-state index contributed by atoms with van der Waals surface area (Å²) in [4.78, 5) is 39.6. The first kappa shape index (κ1) is 18.9. The summed E-state index contributed by atoms with van der Waals surface area (Å²) < 4.78 is 7.50. The molecule has 0 saturated heterocycles. The van der Waals surface area contributed by atoms with E-state index in [1.54, 1.807) is 29.7 Å². The van der Waals surface area contributed by atoms with Gasteiger partial charge in [0.1, 0.15) is 6.54 Å². The molecule has 0 radical (unpaired) electrons. The molecule has 0 spiro atoms. The predicted octanol–water partition coefficient (Wildman–Crippen LogP) is 2.45. The van der Waals surface area contributed by atoms with Crippen LogP contribution in [0.25, 0.3) is 10.2 Å². The minimum absolute atomic E-state index is 0.0223. The van der Waals surface area contributed by atoms with Crippen LogP contribution in [-0.2, 0) is 25.7 Å². The Morgan fingerprint density at radius 1 is 1.28 bits per heavy atom. The van der Waals surface area contributed by atoms with Gasteiger partial charge in [-0.15, -0.1) is 0 Å². The Morgan fingerprint density at radius 3 is 2.68 bits per heavy atom. The van der Waals surface area contributed by atoms with Crippen LogP contribution in [0, 0.1) is 0 Å². The zero-order valence-corrected chi connectivity index (χ0v) is 15.3. The van der Waals surface area contributed by atoms with Crippen LogP contribution < -0.4 is 10.1 Å². The number of ether oxygens (including phenoxy) is 1. The van der Waals surface area contributed by atoms with Gasteiger partial charge in [0, 0.05) is 19.0 Å². The molecule has 8 heteroatoms. The first-order chi connectivity index (χ1) is 11.9. The molecular weight excluding hydrogens is 342 g/mol. The van der Waals surface area contributed by atoms with Crippen LogP contribution in [0.3, 0.4) is 0 Å². The second-order valence-corrected chi connectivity index (χ2v) is 6.40. The molecule has 134 valence electrons. The van der Waals surface area contributed by atoms with Crippen LogP contribution in [0.4, 0.5) is 5.69 Å². The fraction of sp³-hybridized carbons (Fsp3) is 0.412. The lowest BCUT2D eigenvalue weighted by molar-refractivity contribution is -0.143. The summed E-state index contributed by atoms with van der Waals surface area (Å²) in [5, 5.41) is 2.72. The van der Waals surface area contributed by atoms with Crippen molar-refractivity contribution in [3.63, 3.8) is 0 Å². The van der Waals surface area contributed by atoms with E-state index in [1.165, 1.54) is 18.3 Å². The zero-order valence-electron chi connectivity index (χ0n) is 14.5. The van der Waals surface area contributed by atoms with Crippen LogP contribution in [0.15, 0.2) is 23.2 Å². The number of amides is 2. The fourth-order valence-corrected chi connectivity index (χ4v) is 3.39. The van der Waals surface area contributed by atoms with Crippen molar-refractivity contribution in [3.8, 4) is 0 Å². The van der Waals surface area contributed by atoms with E-state index in [2.05, 4.69) is 10.3 Å². The van der Waals surface area contributed by atoms with Crippen molar-refractivity contribution < 1.29 is 19.1 Å². The largest absolute Gasteiger partial charge is 0.465 e. The second kappa shape index (κ2) is 8.57. The first-order valence-corrected chi connectivity index (χ1v) is 8.90. The van der Waals surface area contributed by atoms with E-state index in [-0.39, 0.29) is 25.0 Å². The van der Waals surface area contributed by atoms with Gasteiger partial charge in [0.25, 0.3) is 0 Å². The molecule has 0 saturated carbocycles. The van der Waals surface area contributed by atoms with Gasteiger partial charge in [0.2, 0.25) is 11.8 Å². The van der Waals surface area contributed by atoms with E-state index in [9.17, 15) is 14.4 Å². The smallest absolute Gasteiger partial charge is 0.326 e. The number of benzene rings is 1. The van der Waals surface area contributed by atoms with Gasteiger partial charge in [-0.25, -0.2) is 0 Å². The maximum atomic E-state index is 11.9. The molecule has 0 unspecified atom stereocenters. The van der Waals surface area contributed by atoms with E-state index >= 15 is 0 Å². The van der Waals surface area contributed by atoms with Crippen LogP contribution >= 0.6 is 11.3 Å². The van der Waals surface area contributed by atoms with Gasteiger partial charge in [-0.05, 0) is 31.5 Å². The maximum Gasteiger partial charge on any atom is 0.326 e. The quantitative estimate of drug-likeness (QED) is 0.798. The molecule has 7 nitrogen and oxygen atoms in total. The number of anilines is 1. The lowest BCUT2D eigenvalue weighted by Gasteiger charge is -2.06. The molecule has 1 N–H and O–H groups in total. The van der Waals surface area contributed by atoms with Crippen molar-refractivity contribution in [2.24, 2.45) is 4.99 Å². The number of rotatable bonds is 6. The van der Waals surface area contributed by atoms with E-state index in [4.69, 9.17) is 4.74 Å². The third-order valence-corrected chi connectivity index (χ3v) is 4.32. The Morgan fingerprint density at radius 2 is 2.04 bits per heavy atom. The number of hydrogen-bond donors (Lipinski definition) is 1. The first-order valence-electron chi connectivity index (χ1n) is 8.08. The molecule has 0 atom stereocenters. The van der Waals surface area contributed by atoms with Crippen molar-refractivity contribution >= 4 is 45.0 Å². The highest BCUT2D eigenvalue weighted by Crippen LogP contribution is 2.22. The summed E-state index contributed by atoms with van der Waals surface area (Å²) >= 11 is 1.30. The molecule has 0 aliphatic rings. The Hall–Kier alpha value is -2.48.